The van der Waals surface area contributed by atoms with Crippen LogP contribution in [0.4, 0.5) is 5.69 Å². The summed E-state index contributed by atoms with van der Waals surface area (Å²) in [6.07, 6.45) is 0.335. The van der Waals surface area contributed by atoms with Crippen LogP contribution in [-0.4, -0.2) is 21.2 Å². The molecule has 0 saturated carbocycles. The Morgan fingerprint density at radius 3 is 2.67 bits per heavy atom. The smallest absolute Gasteiger partial charge is 0.271 e. The molecule has 0 heterocycles. The van der Waals surface area contributed by atoms with Crippen molar-refractivity contribution in [2.24, 2.45) is 5.73 Å². The number of aliphatic hydroxyl groups is 1. The molecular formula is C11H15BrN2O4. The van der Waals surface area contributed by atoms with Gasteiger partial charge in [-0.25, -0.2) is 0 Å². The summed E-state index contributed by atoms with van der Waals surface area (Å²) < 4.78 is 0.186. The number of nitro benzene ring substituents is 1. The number of benzene rings is 1. The number of phenolic OH excluding ortho intramolecular Hbond substituents is 1. The summed E-state index contributed by atoms with van der Waals surface area (Å²) in [6, 6.07) is 1.52. The molecule has 1 rings (SSSR count). The molecule has 6 nitrogen and oxygen atoms in total. The van der Waals surface area contributed by atoms with E-state index < -0.39 is 17.1 Å². The number of nitrogens with zero attached hydrogens (tertiary/aromatic N) is 1. The van der Waals surface area contributed by atoms with Gasteiger partial charge < -0.3 is 15.9 Å². The summed E-state index contributed by atoms with van der Waals surface area (Å²) >= 11 is 3.03. The minimum absolute atomic E-state index is 0.164. The van der Waals surface area contributed by atoms with E-state index in [4.69, 9.17) is 5.73 Å². The molecule has 0 aliphatic rings. The highest BCUT2D eigenvalue weighted by Crippen LogP contribution is 2.36. The first kappa shape index (κ1) is 14.9. The molecule has 0 radical (unpaired) electrons. The maximum Gasteiger partial charge on any atom is 0.271 e. The van der Waals surface area contributed by atoms with Crippen LogP contribution < -0.4 is 5.73 Å². The van der Waals surface area contributed by atoms with Gasteiger partial charge in [-0.1, -0.05) is 13.3 Å². The number of phenols is 1. The van der Waals surface area contributed by atoms with Gasteiger partial charge in [0.05, 0.1) is 21.5 Å². The van der Waals surface area contributed by atoms with Crippen LogP contribution >= 0.6 is 15.9 Å². The highest BCUT2D eigenvalue weighted by molar-refractivity contribution is 9.10. The third kappa shape index (κ3) is 3.18. The van der Waals surface area contributed by atoms with Gasteiger partial charge in [-0.3, -0.25) is 10.1 Å². The summed E-state index contributed by atoms with van der Waals surface area (Å²) in [7, 11) is 0. The van der Waals surface area contributed by atoms with Crippen molar-refractivity contribution in [2.75, 3.05) is 0 Å². The number of halogens is 1. The quantitative estimate of drug-likeness (QED) is 0.569. The summed E-state index contributed by atoms with van der Waals surface area (Å²) in [5.74, 6) is -0.178. The number of hydrogen-bond donors (Lipinski definition) is 3. The van der Waals surface area contributed by atoms with Crippen molar-refractivity contribution in [3.8, 4) is 5.75 Å². The molecule has 0 bridgehead atoms. The van der Waals surface area contributed by atoms with Crippen LogP contribution in [0.5, 0.6) is 5.75 Å². The van der Waals surface area contributed by atoms with Crippen LogP contribution in [0, 0.1) is 10.1 Å². The fourth-order valence-electron chi connectivity index (χ4n) is 1.65. The predicted octanol–water partition coefficient (Wildman–Crippen LogP) is 2.22. The molecule has 0 spiro atoms. The van der Waals surface area contributed by atoms with E-state index in [1.165, 1.54) is 12.1 Å². The van der Waals surface area contributed by atoms with Crippen LogP contribution in [-0.2, 0) is 0 Å². The van der Waals surface area contributed by atoms with Crippen molar-refractivity contribution in [1.82, 2.24) is 0 Å². The Bertz CT molecular complexity index is 453. The summed E-state index contributed by atoms with van der Waals surface area (Å²) in [5.41, 5.74) is 5.79. The highest BCUT2D eigenvalue weighted by Gasteiger charge is 2.23. The van der Waals surface area contributed by atoms with Gasteiger partial charge in [0.15, 0.2) is 0 Å². The standard InChI is InChI=1S/C11H15BrN2O4/c1-2-3-9(15)10(13)7-4-6(14(17)18)5-8(12)11(7)16/h4-5,9-10,15-16H,2-3,13H2,1H3/t9-,10+/m1/s1. The lowest BCUT2D eigenvalue weighted by molar-refractivity contribution is -0.385. The maximum atomic E-state index is 10.7. The van der Waals surface area contributed by atoms with E-state index >= 15 is 0 Å². The van der Waals surface area contributed by atoms with E-state index in [0.29, 0.717) is 6.42 Å². The predicted molar refractivity (Wildman–Crippen MR) is 70.3 cm³/mol. The van der Waals surface area contributed by atoms with Gasteiger partial charge in [0.1, 0.15) is 5.75 Å². The molecule has 7 heteroatoms. The van der Waals surface area contributed by atoms with Crippen molar-refractivity contribution < 1.29 is 15.1 Å². The van der Waals surface area contributed by atoms with E-state index in [1.807, 2.05) is 6.92 Å². The molecule has 0 amide bonds. The van der Waals surface area contributed by atoms with E-state index in [0.717, 1.165) is 6.42 Å². The van der Waals surface area contributed by atoms with Crippen LogP contribution in [0.2, 0.25) is 0 Å². The third-order valence-corrected chi connectivity index (χ3v) is 3.25. The molecule has 0 saturated heterocycles. The molecule has 0 aromatic heterocycles. The largest absolute Gasteiger partial charge is 0.506 e. The summed E-state index contributed by atoms with van der Waals surface area (Å²) in [4.78, 5) is 10.2. The molecular weight excluding hydrogens is 304 g/mol. The number of aromatic hydroxyl groups is 1. The lowest BCUT2D eigenvalue weighted by atomic mass is 9.98. The van der Waals surface area contributed by atoms with Crippen molar-refractivity contribution in [3.05, 3.63) is 32.3 Å². The SMILES string of the molecule is CCC[C@@H](O)[C@@H](N)c1cc([N+](=O)[O-])cc(Br)c1O. The van der Waals surface area contributed by atoms with Crippen molar-refractivity contribution in [3.63, 3.8) is 0 Å². The Balaban J connectivity index is 3.18. The summed E-state index contributed by atoms with van der Waals surface area (Å²) in [5, 5.41) is 30.4. The molecule has 1 aromatic rings. The van der Waals surface area contributed by atoms with Gasteiger partial charge in [-0.15, -0.1) is 0 Å². The zero-order chi connectivity index (χ0) is 13.9. The van der Waals surface area contributed by atoms with Crippen LogP contribution in [0.3, 0.4) is 0 Å². The van der Waals surface area contributed by atoms with Crippen molar-refractivity contribution >= 4 is 21.6 Å². The number of aliphatic hydroxyl groups excluding tert-OH is 1. The van der Waals surface area contributed by atoms with E-state index in [1.54, 1.807) is 0 Å². The van der Waals surface area contributed by atoms with Crippen molar-refractivity contribution in [2.45, 2.75) is 31.9 Å². The average Bonchev–Trinajstić information content (AvgIpc) is 2.31. The molecule has 0 unspecified atom stereocenters. The molecule has 0 aliphatic carbocycles. The first-order chi connectivity index (χ1) is 8.38. The zero-order valence-electron chi connectivity index (χ0n) is 9.84. The lowest BCUT2D eigenvalue weighted by Gasteiger charge is -2.19. The van der Waals surface area contributed by atoms with E-state index in [-0.39, 0.29) is 21.5 Å². The monoisotopic (exact) mass is 318 g/mol. The molecule has 2 atom stereocenters. The number of nitro groups is 1. The average molecular weight is 319 g/mol. The van der Waals surface area contributed by atoms with Gasteiger partial charge in [0.25, 0.3) is 5.69 Å². The lowest BCUT2D eigenvalue weighted by Crippen LogP contribution is -2.26. The van der Waals surface area contributed by atoms with Gasteiger partial charge >= 0.3 is 0 Å². The number of non-ortho nitro benzene ring substituents is 1. The van der Waals surface area contributed by atoms with Crippen molar-refractivity contribution in [1.29, 1.82) is 0 Å². The van der Waals surface area contributed by atoms with E-state index in [9.17, 15) is 20.3 Å². The second-order valence-electron chi connectivity index (χ2n) is 4.00. The number of rotatable bonds is 5. The zero-order valence-corrected chi connectivity index (χ0v) is 11.4. The van der Waals surface area contributed by atoms with Gasteiger partial charge in [0, 0.05) is 17.7 Å². The Hall–Kier alpha value is -1.18. The Morgan fingerprint density at radius 1 is 1.56 bits per heavy atom. The molecule has 0 aliphatic heterocycles. The maximum absolute atomic E-state index is 10.7. The number of hydrogen-bond acceptors (Lipinski definition) is 5. The highest BCUT2D eigenvalue weighted by atomic mass is 79.9. The molecule has 1 aromatic carbocycles. The van der Waals surface area contributed by atoms with Gasteiger partial charge in [-0.05, 0) is 22.4 Å². The normalized spacial score (nSPS) is 14.2. The Labute approximate surface area is 113 Å². The Kier molecular flexibility index (Phi) is 5.06. The summed E-state index contributed by atoms with van der Waals surface area (Å²) in [6.45, 7) is 1.89. The minimum Gasteiger partial charge on any atom is -0.506 e. The molecule has 4 N–H and O–H groups in total. The fourth-order valence-corrected chi connectivity index (χ4v) is 2.11. The molecule has 18 heavy (non-hydrogen) atoms. The second-order valence-corrected chi connectivity index (χ2v) is 4.86. The molecule has 0 fully saturated rings. The van der Waals surface area contributed by atoms with Gasteiger partial charge in [-0.2, -0.15) is 0 Å². The van der Waals surface area contributed by atoms with Crippen LogP contribution in [0.15, 0.2) is 16.6 Å². The first-order valence-electron chi connectivity index (χ1n) is 5.48. The van der Waals surface area contributed by atoms with Gasteiger partial charge in [0.2, 0.25) is 0 Å². The number of nitrogens with two attached hydrogens (primary N) is 1. The van der Waals surface area contributed by atoms with Crippen LogP contribution in [0.25, 0.3) is 0 Å². The van der Waals surface area contributed by atoms with Crippen LogP contribution in [0.1, 0.15) is 31.4 Å². The second kappa shape index (κ2) is 6.12. The first-order valence-corrected chi connectivity index (χ1v) is 6.28. The van der Waals surface area contributed by atoms with E-state index in [2.05, 4.69) is 15.9 Å². The topological polar surface area (TPSA) is 110 Å². The third-order valence-electron chi connectivity index (χ3n) is 2.65. The Morgan fingerprint density at radius 2 is 2.17 bits per heavy atom. The fraction of sp³-hybridized carbons (Fsp3) is 0.455. The molecule has 100 valence electrons. The minimum atomic E-state index is -0.860.